The summed E-state index contributed by atoms with van der Waals surface area (Å²) in [5, 5.41) is 3.04. The van der Waals surface area contributed by atoms with E-state index in [9.17, 15) is 21.6 Å². The summed E-state index contributed by atoms with van der Waals surface area (Å²) in [6.07, 6.45) is 3.25. The number of hydrogen-bond donors (Lipinski definition) is 2. The van der Waals surface area contributed by atoms with Gasteiger partial charge in [0, 0.05) is 42.7 Å². The minimum atomic E-state index is -3.72. The van der Waals surface area contributed by atoms with Crippen LogP contribution < -0.4 is 10.0 Å². The highest BCUT2D eigenvalue weighted by Crippen LogP contribution is 2.37. The molecule has 0 amide bonds. The van der Waals surface area contributed by atoms with E-state index in [0.29, 0.717) is 16.9 Å². The molecular formula is C22H25F3N4O2S. The summed E-state index contributed by atoms with van der Waals surface area (Å²) < 4.78 is 71.3. The number of hydrogen-bond acceptors (Lipinski definition) is 4. The quantitative estimate of drug-likeness (QED) is 0.511. The number of alkyl halides is 3. The molecule has 0 aliphatic rings. The Morgan fingerprint density at radius 3 is 2.19 bits per heavy atom. The summed E-state index contributed by atoms with van der Waals surface area (Å²) in [7, 11) is -0.657. The number of rotatable bonds is 7. The second kappa shape index (κ2) is 8.25. The smallest absolute Gasteiger partial charge is 0.270 e. The van der Waals surface area contributed by atoms with Crippen LogP contribution in [0.25, 0.3) is 11.3 Å². The van der Waals surface area contributed by atoms with Crippen molar-refractivity contribution in [1.29, 1.82) is 0 Å². The molecule has 172 valence electrons. The lowest BCUT2D eigenvalue weighted by atomic mass is 9.95. The molecule has 2 aromatic carbocycles. The molecule has 0 fully saturated rings. The van der Waals surface area contributed by atoms with Gasteiger partial charge in [0.05, 0.1) is 16.9 Å². The third-order valence-corrected chi connectivity index (χ3v) is 6.37. The summed E-state index contributed by atoms with van der Waals surface area (Å²) in [4.78, 5) is 4.30. The molecule has 0 atom stereocenters. The van der Waals surface area contributed by atoms with E-state index in [1.165, 1.54) is 51.2 Å². The number of aromatic nitrogens is 2. The molecule has 0 aliphatic heterocycles. The maximum Gasteiger partial charge on any atom is 0.270 e. The van der Waals surface area contributed by atoms with Crippen molar-refractivity contribution in [1.82, 2.24) is 14.3 Å². The van der Waals surface area contributed by atoms with Crippen molar-refractivity contribution >= 4 is 21.4 Å². The molecule has 32 heavy (non-hydrogen) atoms. The van der Waals surface area contributed by atoms with Gasteiger partial charge in [0.25, 0.3) is 5.92 Å². The number of imidazole rings is 1. The highest BCUT2D eigenvalue weighted by molar-refractivity contribution is 7.89. The van der Waals surface area contributed by atoms with Crippen LogP contribution in [0.4, 0.5) is 24.5 Å². The van der Waals surface area contributed by atoms with E-state index in [0.717, 1.165) is 13.0 Å². The number of nitrogens with zero attached hydrogens (tertiary/aromatic N) is 2. The van der Waals surface area contributed by atoms with Gasteiger partial charge in [-0.15, -0.1) is 0 Å². The number of benzene rings is 2. The van der Waals surface area contributed by atoms with Crippen molar-refractivity contribution < 1.29 is 21.6 Å². The average Bonchev–Trinajstić information content (AvgIpc) is 3.12. The average molecular weight is 467 g/mol. The lowest BCUT2D eigenvalue weighted by Crippen LogP contribution is -2.18. The Hall–Kier alpha value is -2.85. The van der Waals surface area contributed by atoms with Gasteiger partial charge >= 0.3 is 0 Å². The molecule has 0 unspecified atom stereocenters. The van der Waals surface area contributed by atoms with Crippen LogP contribution in [0.2, 0.25) is 0 Å². The van der Waals surface area contributed by atoms with E-state index in [-0.39, 0.29) is 21.7 Å². The Morgan fingerprint density at radius 2 is 1.66 bits per heavy atom. The number of aryl methyl sites for hydroxylation is 1. The van der Waals surface area contributed by atoms with Crippen molar-refractivity contribution in [2.45, 2.75) is 37.3 Å². The zero-order valence-corrected chi connectivity index (χ0v) is 19.2. The van der Waals surface area contributed by atoms with E-state index in [1.807, 2.05) is 0 Å². The van der Waals surface area contributed by atoms with Crippen LogP contribution in [-0.2, 0) is 28.7 Å². The molecular weight excluding hydrogens is 441 g/mol. The maximum atomic E-state index is 14.6. The van der Waals surface area contributed by atoms with Gasteiger partial charge in [-0.1, -0.05) is 0 Å². The van der Waals surface area contributed by atoms with Gasteiger partial charge in [-0.3, -0.25) is 0 Å². The van der Waals surface area contributed by atoms with Crippen molar-refractivity contribution in [2.75, 3.05) is 12.4 Å². The van der Waals surface area contributed by atoms with E-state index < -0.39 is 21.6 Å². The highest BCUT2D eigenvalue weighted by atomic mass is 32.2. The minimum Gasteiger partial charge on any atom is -0.355 e. The van der Waals surface area contributed by atoms with Crippen molar-refractivity contribution in [3.63, 3.8) is 0 Å². The van der Waals surface area contributed by atoms with Crippen LogP contribution in [0.3, 0.4) is 0 Å². The van der Waals surface area contributed by atoms with Gasteiger partial charge in [-0.05, 0) is 62.9 Å². The first kappa shape index (κ1) is 23.8. The molecule has 3 rings (SSSR count). The highest BCUT2D eigenvalue weighted by Gasteiger charge is 2.29. The van der Waals surface area contributed by atoms with Crippen LogP contribution in [0, 0.1) is 0 Å². The Labute approximate surface area is 185 Å². The number of nitrogens with one attached hydrogen (secondary N) is 2. The predicted molar refractivity (Wildman–Crippen MR) is 118 cm³/mol. The lowest BCUT2D eigenvalue weighted by molar-refractivity contribution is 0.0172. The molecule has 1 aromatic heterocycles. The monoisotopic (exact) mass is 466 g/mol. The standard InChI is InChI=1S/C22H25F3N4O2S/c1-21(2,23)14-8-15(22(3,24)25)10-16(9-14)28-19-7-6-17(32(30,31)26-4)11-18(19)20-12-29(5)13-27-20/h6-13,26,28H,1-5H3. The Kier molecular flexibility index (Phi) is 6.14. The van der Waals surface area contributed by atoms with Crippen LogP contribution in [0.1, 0.15) is 31.9 Å². The molecule has 2 N–H and O–H groups in total. The zero-order chi connectivity index (χ0) is 23.9. The molecule has 0 bridgehead atoms. The largest absolute Gasteiger partial charge is 0.355 e. The van der Waals surface area contributed by atoms with Crippen molar-refractivity contribution in [2.24, 2.45) is 7.05 Å². The van der Waals surface area contributed by atoms with Crippen LogP contribution in [-0.4, -0.2) is 25.0 Å². The Morgan fingerprint density at radius 1 is 1.00 bits per heavy atom. The summed E-state index contributed by atoms with van der Waals surface area (Å²) in [5.74, 6) is -3.17. The molecule has 0 aliphatic carbocycles. The fourth-order valence-corrected chi connectivity index (χ4v) is 3.89. The summed E-state index contributed by atoms with van der Waals surface area (Å²) in [6.45, 7) is 3.33. The normalized spacial score (nSPS) is 12.8. The van der Waals surface area contributed by atoms with Crippen LogP contribution in [0.15, 0.2) is 53.8 Å². The molecule has 0 saturated carbocycles. The molecule has 1 heterocycles. The molecule has 0 spiro atoms. The number of anilines is 2. The molecule has 0 saturated heterocycles. The van der Waals surface area contributed by atoms with Crippen molar-refractivity contribution in [3.05, 3.63) is 60.0 Å². The molecule has 0 radical (unpaired) electrons. The first-order valence-electron chi connectivity index (χ1n) is 9.76. The van der Waals surface area contributed by atoms with Gasteiger partial charge in [0.15, 0.2) is 0 Å². The lowest BCUT2D eigenvalue weighted by Gasteiger charge is -2.21. The van der Waals surface area contributed by atoms with Crippen molar-refractivity contribution in [3.8, 4) is 11.3 Å². The van der Waals surface area contributed by atoms with Gasteiger partial charge in [0.2, 0.25) is 10.0 Å². The zero-order valence-electron chi connectivity index (χ0n) is 18.4. The van der Waals surface area contributed by atoms with E-state index in [4.69, 9.17) is 0 Å². The fraction of sp³-hybridized carbons (Fsp3) is 0.318. The first-order valence-corrected chi connectivity index (χ1v) is 11.2. The topological polar surface area (TPSA) is 76.0 Å². The first-order chi connectivity index (χ1) is 14.7. The second-order valence-electron chi connectivity index (χ2n) is 8.12. The Balaban J connectivity index is 2.16. The van der Waals surface area contributed by atoms with E-state index in [2.05, 4.69) is 15.0 Å². The van der Waals surface area contributed by atoms with E-state index >= 15 is 0 Å². The minimum absolute atomic E-state index is 0.0191. The van der Waals surface area contributed by atoms with Gasteiger partial charge < -0.3 is 9.88 Å². The SMILES string of the molecule is CNS(=O)(=O)c1ccc(Nc2cc(C(C)(C)F)cc(C(C)(F)F)c2)c(-c2cn(C)cn2)c1. The Bertz CT molecular complexity index is 1210. The molecule has 3 aromatic rings. The van der Waals surface area contributed by atoms with Crippen LogP contribution in [0.5, 0.6) is 0 Å². The van der Waals surface area contributed by atoms with E-state index in [1.54, 1.807) is 24.1 Å². The fourth-order valence-electron chi connectivity index (χ4n) is 3.13. The second-order valence-corrected chi connectivity index (χ2v) is 10.0. The van der Waals surface area contributed by atoms with Gasteiger partial charge in [-0.25, -0.2) is 31.3 Å². The third-order valence-electron chi connectivity index (χ3n) is 4.96. The van der Waals surface area contributed by atoms with Crippen LogP contribution >= 0.6 is 0 Å². The number of halogens is 3. The molecule has 6 nitrogen and oxygen atoms in total. The predicted octanol–water partition coefficient (Wildman–Crippen LogP) is 5.06. The summed E-state index contributed by atoms with van der Waals surface area (Å²) >= 11 is 0. The summed E-state index contributed by atoms with van der Waals surface area (Å²) in [5.41, 5.74) is -0.497. The summed E-state index contributed by atoms with van der Waals surface area (Å²) in [6, 6.07) is 8.19. The number of sulfonamides is 1. The molecule has 10 heteroatoms. The van der Waals surface area contributed by atoms with Gasteiger partial charge in [-0.2, -0.15) is 0 Å². The third kappa shape index (κ3) is 5.13. The van der Waals surface area contributed by atoms with Gasteiger partial charge in [0.1, 0.15) is 5.67 Å². The maximum absolute atomic E-state index is 14.6.